The highest BCUT2D eigenvalue weighted by Gasteiger charge is 2.22. The van der Waals surface area contributed by atoms with E-state index in [2.05, 4.69) is 47.0 Å². The first-order valence-electron chi connectivity index (χ1n) is 19.1. The van der Waals surface area contributed by atoms with Crippen LogP contribution in [0.2, 0.25) is 0 Å². The molecular weight excluding hydrogens is 627 g/mol. The lowest BCUT2D eigenvalue weighted by molar-refractivity contribution is 0.669. The fourth-order valence-electron chi connectivity index (χ4n) is 7.52. The van der Waals surface area contributed by atoms with Crippen molar-refractivity contribution in [2.24, 2.45) is 0 Å². The molecule has 0 fully saturated rings. The van der Waals surface area contributed by atoms with E-state index in [0.29, 0.717) is 16.7 Å². The molecule has 0 N–H and O–H groups in total. The summed E-state index contributed by atoms with van der Waals surface area (Å²) in [6, 6.07) is 42.3. The Morgan fingerprint density at radius 1 is 0.471 bits per heavy atom. The predicted molar refractivity (Wildman–Crippen MR) is 207 cm³/mol. The molecule has 0 radical (unpaired) electrons. The zero-order valence-corrected chi connectivity index (χ0v) is 26.8. The van der Waals surface area contributed by atoms with E-state index in [4.69, 9.17) is 26.2 Å². The van der Waals surface area contributed by atoms with Gasteiger partial charge in [0.05, 0.1) is 28.9 Å². The van der Waals surface area contributed by atoms with Crippen LogP contribution in [0.3, 0.4) is 0 Å². The van der Waals surface area contributed by atoms with Crippen molar-refractivity contribution in [2.45, 2.75) is 0 Å². The SMILES string of the molecule is [2H]c1c([2H])c([2H])c(-c2nc(-c3cccc4oc5ccccc5c34)nc(-n3c4ccccc4c4cc5c(cc43)c3ccccc3n5-c3ccccc3)n2)c([2H])c1[2H]. The highest BCUT2D eigenvalue weighted by molar-refractivity contribution is 6.19. The molecule has 0 atom stereocenters. The lowest BCUT2D eigenvalue weighted by Crippen LogP contribution is -2.06. The molecule has 7 aromatic carbocycles. The Balaban J connectivity index is 1.28. The minimum Gasteiger partial charge on any atom is -0.456 e. The Hall–Kier alpha value is -7.05. The lowest BCUT2D eigenvalue weighted by Gasteiger charge is -2.11. The van der Waals surface area contributed by atoms with Gasteiger partial charge in [-0.25, -0.2) is 4.98 Å². The number of fused-ring (bicyclic) bond motifs is 9. The molecule has 238 valence electrons. The van der Waals surface area contributed by atoms with Gasteiger partial charge in [-0.2, -0.15) is 9.97 Å². The average molecular weight is 659 g/mol. The number of aromatic nitrogens is 5. The van der Waals surface area contributed by atoms with E-state index in [1.54, 1.807) is 0 Å². The van der Waals surface area contributed by atoms with Gasteiger partial charge in [0, 0.05) is 49.1 Å². The predicted octanol–water partition coefficient (Wildman–Crippen LogP) is 11.3. The molecule has 4 heterocycles. The maximum Gasteiger partial charge on any atom is 0.238 e. The van der Waals surface area contributed by atoms with E-state index in [1.807, 2.05) is 95.6 Å². The van der Waals surface area contributed by atoms with Crippen molar-refractivity contribution in [3.8, 4) is 34.4 Å². The molecule has 4 aromatic heterocycles. The summed E-state index contributed by atoms with van der Waals surface area (Å²) in [5.41, 5.74) is 6.73. The smallest absolute Gasteiger partial charge is 0.238 e. The Bertz CT molecular complexity index is 3410. The van der Waals surface area contributed by atoms with Gasteiger partial charge in [0.1, 0.15) is 11.2 Å². The molecule has 11 aromatic rings. The van der Waals surface area contributed by atoms with Gasteiger partial charge in [0.2, 0.25) is 5.95 Å². The molecule has 6 nitrogen and oxygen atoms in total. The summed E-state index contributed by atoms with van der Waals surface area (Å²) in [6.45, 7) is 0. The van der Waals surface area contributed by atoms with Crippen molar-refractivity contribution < 1.29 is 11.3 Å². The van der Waals surface area contributed by atoms with Crippen molar-refractivity contribution in [3.63, 3.8) is 0 Å². The normalized spacial score (nSPS) is 13.3. The van der Waals surface area contributed by atoms with Crippen molar-refractivity contribution in [1.29, 1.82) is 0 Å². The van der Waals surface area contributed by atoms with Crippen LogP contribution in [0.5, 0.6) is 0 Å². The summed E-state index contributed by atoms with van der Waals surface area (Å²) in [5, 5.41) is 5.74. The number of para-hydroxylation sites is 4. The van der Waals surface area contributed by atoms with Gasteiger partial charge >= 0.3 is 0 Å². The van der Waals surface area contributed by atoms with E-state index >= 15 is 0 Å². The summed E-state index contributed by atoms with van der Waals surface area (Å²) in [4.78, 5) is 15.0. The van der Waals surface area contributed by atoms with Crippen LogP contribution in [-0.2, 0) is 0 Å². The van der Waals surface area contributed by atoms with Gasteiger partial charge in [0.25, 0.3) is 0 Å². The minimum absolute atomic E-state index is 0.0421. The van der Waals surface area contributed by atoms with Crippen LogP contribution in [0.25, 0.3) is 100.0 Å². The molecule has 0 bridgehead atoms. The molecule has 0 aliphatic rings. The summed E-state index contributed by atoms with van der Waals surface area (Å²) in [6.07, 6.45) is 0. The van der Waals surface area contributed by atoms with Crippen molar-refractivity contribution in [3.05, 3.63) is 164 Å². The van der Waals surface area contributed by atoms with Crippen LogP contribution in [-0.4, -0.2) is 24.1 Å². The zero-order chi connectivity index (χ0) is 37.8. The first-order valence-corrected chi connectivity index (χ1v) is 16.6. The second-order valence-electron chi connectivity index (χ2n) is 12.5. The molecule has 0 spiro atoms. The molecule has 0 aliphatic carbocycles. The number of hydrogen-bond donors (Lipinski definition) is 0. The highest BCUT2D eigenvalue weighted by atomic mass is 16.3. The van der Waals surface area contributed by atoms with E-state index < -0.39 is 30.2 Å². The van der Waals surface area contributed by atoms with Crippen molar-refractivity contribution in [2.75, 3.05) is 0 Å². The summed E-state index contributed by atoms with van der Waals surface area (Å²) >= 11 is 0. The topological polar surface area (TPSA) is 61.7 Å². The number of nitrogens with zero attached hydrogens (tertiary/aromatic N) is 5. The van der Waals surface area contributed by atoms with E-state index in [0.717, 1.165) is 60.1 Å². The highest BCUT2D eigenvalue weighted by Crippen LogP contribution is 2.40. The van der Waals surface area contributed by atoms with Crippen LogP contribution in [0.4, 0.5) is 0 Å². The van der Waals surface area contributed by atoms with Gasteiger partial charge in [-0.3, -0.25) is 4.57 Å². The molecule has 0 unspecified atom stereocenters. The summed E-state index contributed by atoms with van der Waals surface area (Å²) in [5.74, 6) is 0.458. The van der Waals surface area contributed by atoms with Crippen LogP contribution in [0.1, 0.15) is 6.85 Å². The fourth-order valence-corrected chi connectivity index (χ4v) is 7.52. The van der Waals surface area contributed by atoms with E-state index in [9.17, 15) is 0 Å². The minimum atomic E-state index is -0.492. The largest absolute Gasteiger partial charge is 0.456 e. The first-order chi connectivity index (χ1) is 27.4. The van der Waals surface area contributed by atoms with Gasteiger partial charge < -0.3 is 8.98 Å². The van der Waals surface area contributed by atoms with E-state index in [1.165, 1.54) is 0 Å². The number of rotatable bonds is 4. The number of benzene rings is 7. The monoisotopic (exact) mass is 658 g/mol. The second-order valence-corrected chi connectivity index (χ2v) is 12.5. The Morgan fingerprint density at radius 2 is 1.08 bits per heavy atom. The molecular formula is C45H27N5O. The van der Waals surface area contributed by atoms with Gasteiger partial charge in [-0.1, -0.05) is 115 Å². The maximum absolute atomic E-state index is 8.91. The van der Waals surface area contributed by atoms with Gasteiger partial charge in [0.15, 0.2) is 11.6 Å². The Labute approximate surface area is 298 Å². The molecule has 0 saturated carbocycles. The van der Waals surface area contributed by atoms with Crippen molar-refractivity contribution in [1.82, 2.24) is 24.1 Å². The van der Waals surface area contributed by atoms with Crippen LogP contribution >= 0.6 is 0 Å². The quantitative estimate of drug-likeness (QED) is 0.189. The number of hydrogen-bond acceptors (Lipinski definition) is 4. The van der Waals surface area contributed by atoms with Crippen LogP contribution in [0.15, 0.2) is 168 Å². The lowest BCUT2D eigenvalue weighted by atomic mass is 10.1. The molecule has 6 heteroatoms. The van der Waals surface area contributed by atoms with Crippen LogP contribution in [0, 0.1) is 0 Å². The Kier molecular flexibility index (Phi) is 4.91. The first kappa shape index (κ1) is 23.3. The van der Waals surface area contributed by atoms with Gasteiger partial charge in [-0.15, -0.1) is 0 Å². The van der Waals surface area contributed by atoms with Gasteiger partial charge in [-0.05, 0) is 48.5 Å². The molecule has 0 aliphatic heterocycles. The zero-order valence-electron chi connectivity index (χ0n) is 31.8. The third-order valence-corrected chi connectivity index (χ3v) is 9.67. The molecule has 51 heavy (non-hydrogen) atoms. The molecule has 0 amide bonds. The summed E-state index contributed by atoms with van der Waals surface area (Å²) in [7, 11) is 0. The standard InChI is InChI=1S/C45H27N5O/c1-3-14-28(15-4-1)43-46-44(33-21-13-25-41-42(33)32-20-9-12-24-40(32)51-41)48-45(47-43)50-37-23-11-8-19-31(37)35-26-38-34(27-39(35)50)30-18-7-10-22-36(30)49(38)29-16-5-2-6-17-29/h1-27H/i1D,3D,4D,14D,15D. The third-order valence-electron chi connectivity index (χ3n) is 9.67. The molecule has 11 rings (SSSR count). The molecule has 0 saturated heterocycles. The maximum atomic E-state index is 8.91. The number of furan rings is 1. The fraction of sp³-hybridized carbons (Fsp3) is 0. The second kappa shape index (κ2) is 10.7. The van der Waals surface area contributed by atoms with E-state index in [-0.39, 0.29) is 23.2 Å². The average Bonchev–Trinajstić information content (AvgIpc) is 3.89. The summed E-state index contributed by atoms with van der Waals surface area (Å²) < 4.78 is 53.6. The Morgan fingerprint density at radius 3 is 1.84 bits per heavy atom. The van der Waals surface area contributed by atoms with Crippen LogP contribution < -0.4 is 0 Å². The third kappa shape index (κ3) is 4.14. The van der Waals surface area contributed by atoms with Crippen molar-refractivity contribution >= 4 is 65.6 Å².